The molecule has 120 valence electrons. The number of carbonyl (C=O) groups is 1. The van der Waals surface area contributed by atoms with Crippen LogP contribution < -0.4 is 14.8 Å². The number of benzene rings is 2. The fourth-order valence-electron chi connectivity index (χ4n) is 2.35. The first-order valence-corrected chi connectivity index (χ1v) is 7.67. The predicted molar refractivity (Wildman–Crippen MR) is 87.5 cm³/mol. The zero-order chi connectivity index (χ0) is 16.2. The van der Waals surface area contributed by atoms with Crippen molar-refractivity contribution in [2.75, 3.05) is 18.5 Å². The number of nitrogens with one attached hydrogen (secondary N) is 1. The van der Waals surface area contributed by atoms with Crippen molar-refractivity contribution < 1.29 is 19.4 Å². The van der Waals surface area contributed by atoms with Gasteiger partial charge in [-0.3, -0.25) is 4.79 Å². The van der Waals surface area contributed by atoms with Crippen LogP contribution in [0, 0.1) is 0 Å². The number of anilines is 1. The van der Waals surface area contributed by atoms with Gasteiger partial charge < -0.3 is 19.9 Å². The maximum Gasteiger partial charge on any atom is 0.228 e. The molecule has 2 aromatic rings. The molecule has 2 N–H and O–H groups in total. The molecule has 3 rings (SSSR count). The summed E-state index contributed by atoms with van der Waals surface area (Å²) in [6.07, 6.45) is 0.902. The predicted octanol–water partition coefficient (Wildman–Crippen LogP) is 3.39. The minimum Gasteiger partial charge on any atom is -0.506 e. The fraction of sp³-hybridized carbons (Fsp3) is 0.235. The summed E-state index contributed by atoms with van der Waals surface area (Å²) in [4.78, 5) is 12.1. The van der Waals surface area contributed by atoms with E-state index in [0.717, 1.165) is 6.42 Å². The van der Waals surface area contributed by atoms with Crippen molar-refractivity contribution in [2.45, 2.75) is 12.8 Å². The van der Waals surface area contributed by atoms with Crippen molar-refractivity contribution >= 4 is 23.2 Å². The quantitative estimate of drug-likeness (QED) is 0.845. The Bertz CT molecular complexity index is 733. The summed E-state index contributed by atoms with van der Waals surface area (Å²) < 4.78 is 11.2. The molecule has 0 radical (unpaired) electrons. The molecule has 1 aliphatic rings. The molecular weight excluding hydrogens is 318 g/mol. The Balaban J connectivity index is 1.75. The number of rotatable bonds is 3. The molecule has 6 heteroatoms. The molecule has 0 fully saturated rings. The Morgan fingerprint density at radius 1 is 1.22 bits per heavy atom. The second-order valence-electron chi connectivity index (χ2n) is 5.20. The third kappa shape index (κ3) is 3.68. The second kappa shape index (κ2) is 6.79. The van der Waals surface area contributed by atoms with Gasteiger partial charge in [-0.15, -0.1) is 0 Å². The Labute approximate surface area is 138 Å². The van der Waals surface area contributed by atoms with Crippen molar-refractivity contribution in [3.05, 3.63) is 47.0 Å². The van der Waals surface area contributed by atoms with E-state index in [9.17, 15) is 9.90 Å². The monoisotopic (exact) mass is 333 g/mol. The molecule has 1 heterocycles. The lowest BCUT2D eigenvalue weighted by Crippen LogP contribution is -2.14. The normalized spacial score (nSPS) is 13.3. The number of phenolic OH excluding ortho intramolecular Hbond substituents is 1. The van der Waals surface area contributed by atoms with Crippen molar-refractivity contribution in [3.63, 3.8) is 0 Å². The molecule has 0 spiro atoms. The molecule has 0 aliphatic carbocycles. The van der Waals surface area contributed by atoms with E-state index in [1.54, 1.807) is 30.3 Å². The van der Waals surface area contributed by atoms with Crippen LogP contribution in [0.5, 0.6) is 17.2 Å². The molecular formula is C17H16ClNO4. The van der Waals surface area contributed by atoms with Gasteiger partial charge in [0.15, 0.2) is 11.5 Å². The molecule has 1 aliphatic heterocycles. The second-order valence-corrected chi connectivity index (χ2v) is 5.60. The Morgan fingerprint density at radius 3 is 2.83 bits per heavy atom. The largest absolute Gasteiger partial charge is 0.506 e. The zero-order valence-electron chi connectivity index (χ0n) is 12.3. The lowest BCUT2D eigenvalue weighted by Gasteiger charge is -2.12. The summed E-state index contributed by atoms with van der Waals surface area (Å²) in [7, 11) is 0. The van der Waals surface area contributed by atoms with E-state index < -0.39 is 0 Å². The van der Waals surface area contributed by atoms with Crippen molar-refractivity contribution in [1.29, 1.82) is 0 Å². The van der Waals surface area contributed by atoms with Crippen molar-refractivity contribution in [1.82, 2.24) is 0 Å². The van der Waals surface area contributed by atoms with Gasteiger partial charge in [0.1, 0.15) is 5.75 Å². The van der Waals surface area contributed by atoms with Crippen LogP contribution in [0.3, 0.4) is 0 Å². The topological polar surface area (TPSA) is 67.8 Å². The van der Waals surface area contributed by atoms with E-state index in [2.05, 4.69) is 5.32 Å². The number of para-hydroxylation sites is 2. The molecule has 0 saturated carbocycles. The molecule has 0 atom stereocenters. The summed E-state index contributed by atoms with van der Waals surface area (Å²) >= 11 is 6.21. The third-order valence-corrected chi connectivity index (χ3v) is 3.69. The Morgan fingerprint density at radius 2 is 2.00 bits per heavy atom. The number of ether oxygens (including phenoxy) is 2. The van der Waals surface area contributed by atoms with Gasteiger partial charge in [0.2, 0.25) is 5.91 Å². The number of amides is 1. The number of aromatic hydroxyl groups is 1. The minimum absolute atomic E-state index is 0.0255. The summed E-state index contributed by atoms with van der Waals surface area (Å²) in [5, 5.41) is 12.8. The van der Waals surface area contributed by atoms with Gasteiger partial charge in [0, 0.05) is 6.42 Å². The van der Waals surface area contributed by atoms with Crippen LogP contribution in [-0.2, 0) is 11.2 Å². The molecule has 0 unspecified atom stereocenters. The van der Waals surface area contributed by atoms with Crippen LogP contribution in [0.4, 0.5) is 5.69 Å². The van der Waals surface area contributed by atoms with Gasteiger partial charge in [-0.25, -0.2) is 0 Å². The first kappa shape index (κ1) is 15.5. The number of hydrogen-bond donors (Lipinski definition) is 2. The SMILES string of the molecule is O=C(Cc1cc(Cl)c2c(c1)OCCCO2)Nc1ccccc1O. The number of carbonyl (C=O) groups excluding carboxylic acids is 1. The van der Waals surface area contributed by atoms with Crippen LogP contribution >= 0.6 is 11.6 Å². The van der Waals surface area contributed by atoms with E-state index in [0.29, 0.717) is 41.0 Å². The van der Waals surface area contributed by atoms with Gasteiger partial charge in [0.25, 0.3) is 0 Å². The van der Waals surface area contributed by atoms with Gasteiger partial charge in [-0.05, 0) is 29.8 Å². The Kier molecular flexibility index (Phi) is 4.57. The lowest BCUT2D eigenvalue weighted by atomic mass is 10.1. The van der Waals surface area contributed by atoms with E-state index in [4.69, 9.17) is 21.1 Å². The van der Waals surface area contributed by atoms with Crippen LogP contribution in [0.2, 0.25) is 5.02 Å². The van der Waals surface area contributed by atoms with Crippen LogP contribution in [0.15, 0.2) is 36.4 Å². The average molecular weight is 334 g/mol. The number of phenols is 1. The van der Waals surface area contributed by atoms with E-state index in [-0.39, 0.29) is 18.1 Å². The molecule has 0 saturated heterocycles. The zero-order valence-corrected chi connectivity index (χ0v) is 13.1. The first-order valence-electron chi connectivity index (χ1n) is 7.29. The molecule has 1 amide bonds. The smallest absolute Gasteiger partial charge is 0.228 e. The van der Waals surface area contributed by atoms with Crippen LogP contribution in [-0.4, -0.2) is 24.2 Å². The van der Waals surface area contributed by atoms with Gasteiger partial charge in [-0.1, -0.05) is 23.7 Å². The average Bonchev–Trinajstić information content (AvgIpc) is 2.75. The van der Waals surface area contributed by atoms with Crippen molar-refractivity contribution in [3.8, 4) is 17.2 Å². The summed E-state index contributed by atoms with van der Waals surface area (Å²) in [5.74, 6) is 0.851. The van der Waals surface area contributed by atoms with E-state index in [1.807, 2.05) is 0 Å². The van der Waals surface area contributed by atoms with Crippen LogP contribution in [0.25, 0.3) is 0 Å². The molecule has 23 heavy (non-hydrogen) atoms. The summed E-state index contributed by atoms with van der Waals surface area (Å²) in [5.41, 5.74) is 1.09. The summed E-state index contributed by atoms with van der Waals surface area (Å²) in [6.45, 7) is 1.11. The van der Waals surface area contributed by atoms with Gasteiger partial charge >= 0.3 is 0 Å². The molecule has 0 bridgehead atoms. The molecule has 2 aromatic carbocycles. The highest BCUT2D eigenvalue weighted by Crippen LogP contribution is 2.38. The van der Waals surface area contributed by atoms with Gasteiger partial charge in [-0.2, -0.15) is 0 Å². The maximum atomic E-state index is 12.1. The van der Waals surface area contributed by atoms with Crippen LogP contribution in [0.1, 0.15) is 12.0 Å². The van der Waals surface area contributed by atoms with E-state index in [1.165, 1.54) is 6.07 Å². The fourth-order valence-corrected chi connectivity index (χ4v) is 2.63. The van der Waals surface area contributed by atoms with Crippen molar-refractivity contribution in [2.24, 2.45) is 0 Å². The summed E-state index contributed by atoms with van der Waals surface area (Å²) in [6, 6.07) is 10.0. The van der Waals surface area contributed by atoms with E-state index >= 15 is 0 Å². The lowest BCUT2D eigenvalue weighted by molar-refractivity contribution is -0.115. The standard InChI is InChI=1S/C17H16ClNO4/c18-12-8-11(9-15-17(12)23-7-3-6-22-15)10-16(21)19-13-4-1-2-5-14(13)20/h1-2,4-5,8-9,20H,3,6-7,10H2,(H,19,21). The highest BCUT2D eigenvalue weighted by atomic mass is 35.5. The number of halogens is 1. The molecule has 5 nitrogen and oxygen atoms in total. The Hall–Kier alpha value is -2.40. The highest BCUT2D eigenvalue weighted by molar-refractivity contribution is 6.32. The van der Waals surface area contributed by atoms with Gasteiger partial charge in [0.05, 0.1) is 30.3 Å². The number of hydrogen-bond acceptors (Lipinski definition) is 4. The first-order chi connectivity index (χ1) is 11.1. The number of fused-ring (bicyclic) bond motifs is 1. The molecule has 0 aromatic heterocycles. The third-order valence-electron chi connectivity index (χ3n) is 3.40. The highest BCUT2D eigenvalue weighted by Gasteiger charge is 2.17. The minimum atomic E-state index is -0.253. The maximum absolute atomic E-state index is 12.1.